The first-order valence-corrected chi connectivity index (χ1v) is 5.64. The van der Waals surface area contributed by atoms with Crippen molar-refractivity contribution in [3.05, 3.63) is 52.0 Å². The van der Waals surface area contributed by atoms with Crippen molar-refractivity contribution in [2.24, 2.45) is 0 Å². The highest BCUT2D eigenvalue weighted by Gasteiger charge is 2.00. The zero-order chi connectivity index (χ0) is 12.1. The minimum Gasteiger partial charge on any atom is -0.478 e. The van der Waals surface area contributed by atoms with Crippen LogP contribution >= 0.6 is 15.9 Å². The van der Waals surface area contributed by atoms with Crippen LogP contribution in [0.2, 0.25) is 0 Å². The molecule has 0 aliphatic heterocycles. The third-order valence-corrected chi connectivity index (χ3v) is 2.70. The van der Waals surface area contributed by atoms with Crippen molar-refractivity contribution in [2.75, 3.05) is 0 Å². The first kappa shape index (κ1) is 12.7. The minimum atomic E-state index is -0.935. The Balaban J connectivity index is 2.99. The van der Waals surface area contributed by atoms with Crippen LogP contribution in [0.25, 0.3) is 5.57 Å². The molecule has 0 aliphatic carbocycles. The standard InChI is InChI=1S/C13H13BrO2/c1-9(4-3-5-13(15)16)12-8-11(14)7-6-10(12)2/h3-8H,1-2H3,(H,15,16)/b5-3+,9-4+. The topological polar surface area (TPSA) is 37.3 Å². The van der Waals surface area contributed by atoms with Crippen molar-refractivity contribution >= 4 is 27.5 Å². The van der Waals surface area contributed by atoms with Gasteiger partial charge in [-0.2, -0.15) is 0 Å². The summed E-state index contributed by atoms with van der Waals surface area (Å²) >= 11 is 3.42. The van der Waals surface area contributed by atoms with Crippen LogP contribution in [0, 0.1) is 6.92 Å². The Morgan fingerprint density at radius 1 is 1.44 bits per heavy atom. The summed E-state index contributed by atoms with van der Waals surface area (Å²) in [4.78, 5) is 10.3. The van der Waals surface area contributed by atoms with Crippen molar-refractivity contribution < 1.29 is 9.90 Å². The fourth-order valence-electron chi connectivity index (χ4n) is 1.38. The number of carboxylic acid groups (broad SMARTS) is 1. The molecule has 0 saturated heterocycles. The summed E-state index contributed by atoms with van der Waals surface area (Å²) in [6.45, 7) is 3.99. The highest BCUT2D eigenvalue weighted by Crippen LogP contribution is 2.22. The number of hydrogen-bond acceptors (Lipinski definition) is 1. The molecule has 0 aliphatic rings. The van der Waals surface area contributed by atoms with Crippen LogP contribution in [0.4, 0.5) is 0 Å². The van der Waals surface area contributed by atoms with Crippen LogP contribution in [0.15, 0.2) is 40.9 Å². The maximum atomic E-state index is 10.3. The third-order valence-electron chi connectivity index (χ3n) is 2.21. The molecule has 1 aromatic carbocycles. The number of rotatable bonds is 3. The van der Waals surface area contributed by atoms with E-state index in [-0.39, 0.29) is 0 Å². The Kier molecular flexibility index (Phi) is 4.50. The summed E-state index contributed by atoms with van der Waals surface area (Å²) in [5.74, 6) is -0.935. The second-order valence-corrected chi connectivity index (χ2v) is 4.42. The molecule has 16 heavy (non-hydrogen) atoms. The predicted molar refractivity (Wildman–Crippen MR) is 69.3 cm³/mol. The zero-order valence-corrected chi connectivity index (χ0v) is 10.8. The summed E-state index contributed by atoms with van der Waals surface area (Å²) < 4.78 is 1.02. The number of carbonyl (C=O) groups is 1. The predicted octanol–water partition coefficient (Wildman–Crippen LogP) is 3.80. The molecule has 1 aromatic rings. The highest BCUT2D eigenvalue weighted by molar-refractivity contribution is 9.10. The van der Waals surface area contributed by atoms with Crippen LogP contribution in [0.1, 0.15) is 18.1 Å². The van der Waals surface area contributed by atoms with E-state index in [1.165, 1.54) is 11.6 Å². The lowest BCUT2D eigenvalue weighted by molar-refractivity contribution is -0.131. The zero-order valence-electron chi connectivity index (χ0n) is 9.20. The van der Waals surface area contributed by atoms with E-state index >= 15 is 0 Å². The molecule has 0 aromatic heterocycles. The number of carboxylic acids is 1. The number of aliphatic carboxylic acids is 1. The van der Waals surface area contributed by atoms with Crippen LogP contribution < -0.4 is 0 Å². The molecule has 3 heteroatoms. The number of allylic oxidation sites excluding steroid dienone is 3. The second-order valence-electron chi connectivity index (χ2n) is 3.51. The Morgan fingerprint density at radius 2 is 2.12 bits per heavy atom. The quantitative estimate of drug-likeness (QED) is 0.676. The normalized spacial score (nSPS) is 12.1. The number of halogens is 1. The van der Waals surface area contributed by atoms with Crippen molar-refractivity contribution in [1.29, 1.82) is 0 Å². The molecule has 2 nitrogen and oxygen atoms in total. The maximum absolute atomic E-state index is 10.3. The highest BCUT2D eigenvalue weighted by atomic mass is 79.9. The molecule has 0 spiro atoms. The summed E-state index contributed by atoms with van der Waals surface area (Å²) in [6, 6.07) is 6.03. The van der Waals surface area contributed by atoms with Crippen LogP contribution in [-0.2, 0) is 4.79 Å². The van der Waals surface area contributed by atoms with Gasteiger partial charge in [0.25, 0.3) is 0 Å². The van der Waals surface area contributed by atoms with Crippen molar-refractivity contribution in [3.63, 3.8) is 0 Å². The summed E-state index contributed by atoms with van der Waals surface area (Å²) in [5.41, 5.74) is 3.32. The second kappa shape index (κ2) is 5.66. The van der Waals surface area contributed by atoms with E-state index in [1.54, 1.807) is 6.08 Å². The molecular formula is C13H13BrO2. The largest absolute Gasteiger partial charge is 0.478 e. The Morgan fingerprint density at radius 3 is 2.75 bits per heavy atom. The van der Waals surface area contributed by atoms with Crippen molar-refractivity contribution in [2.45, 2.75) is 13.8 Å². The molecule has 1 rings (SSSR count). The SMILES string of the molecule is C/C(=C\C=C\C(=O)O)c1cc(Br)ccc1C. The summed E-state index contributed by atoms with van der Waals surface area (Å²) in [7, 11) is 0. The molecule has 0 atom stereocenters. The van der Waals surface area contributed by atoms with E-state index in [4.69, 9.17) is 5.11 Å². The third kappa shape index (κ3) is 3.66. The monoisotopic (exact) mass is 280 g/mol. The van der Waals surface area contributed by atoms with Crippen LogP contribution in [-0.4, -0.2) is 11.1 Å². The molecule has 84 valence electrons. The number of hydrogen-bond donors (Lipinski definition) is 1. The van der Waals surface area contributed by atoms with Gasteiger partial charge in [0.15, 0.2) is 0 Å². The van der Waals surface area contributed by atoms with Gasteiger partial charge >= 0.3 is 5.97 Å². The molecular weight excluding hydrogens is 268 g/mol. The van der Waals surface area contributed by atoms with E-state index < -0.39 is 5.97 Å². The van der Waals surface area contributed by atoms with Gasteiger partial charge in [0, 0.05) is 10.5 Å². The molecule has 0 unspecified atom stereocenters. The summed E-state index contributed by atoms with van der Waals surface area (Å²) in [5, 5.41) is 8.47. The van der Waals surface area contributed by atoms with Crippen molar-refractivity contribution in [3.8, 4) is 0 Å². The van der Waals surface area contributed by atoms with E-state index in [1.807, 2.05) is 32.0 Å². The first-order valence-electron chi connectivity index (χ1n) is 4.85. The molecule has 1 N–H and O–H groups in total. The average Bonchev–Trinajstić information content (AvgIpc) is 2.21. The molecule has 0 amide bonds. The molecule has 0 radical (unpaired) electrons. The smallest absolute Gasteiger partial charge is 0.328 e. The van der Waals surface area contributed by atoms with Gasteiger partial charge in [0.1, 0.15) is 0 Å². The van der Waals surface area contributed by atoms with E-state index in [0.29, 0.717) is 0 Å². The maximum Gasteiger partial charge on any atom is 0.328 e. The van der Waals surface area contributed by atoms with Crippen LogP contribution in [0.5, 0.6) is 0 Å². The van der Waals surface area contributed by atoms with Gasteiger partial charge in [0.05, 0.1) is 0 Å². The first-order chi connectivity index (χ1) is 7.50. The van der Waals surface area contributed by atoms with Gasteiger partial charge < -0.3 is 5.11 Å². The molecule has 0 fully saturated rings. The van der Waals surface area contributed by atoms with Gasteiger partial charge in [-0.1, -0.05) is 34.1 Å². The lowest BCUT2D eigenvalue weighted by Gasteiger charge is -2.05. The van der Waals surface area contributed by atoms with E-state index in [2.05, 4.69) is 15.9 Å². The Bertz CT molecular complexity index is 459. The molecule has 0 bridgehead atoms. The van der Waals surface area contributed by atoms with Crippen LogP contribution in [0.3, 0.4) is 0 Å². The number of benzene rings is 1. The fourth-order valence-corrected chi connectivity index (χ4v) is 1.74. The van der Waals surface area contributed by atoms with Gasteiger partial charge in [0.2, 0.25) is 0 Å². The Hall–Kier alpha value is -1.35. The van der Waals surface area contributed by atoms with Gasteiger partial charge in [-0.05, 0) is 42.7 Å². The minimum absolute atomic E-state index is 0.935. The lowest BCUT2D eigenvalue weighted by atomic mass is 10.0. The molecule has 0 heterocycles. The Labute approximate surface area is 103 Å². The average molecular weight is 281 g/mol. The van der Waals surface area contributed by atoms with Gasteiger partial charge in [-0.15, -0.1) is 0 Å². The van der Waals surface area contributed by atoms with Gasteiger partial charge in [-0.25, -0.2) is 4.79 Å². The van der Waals surface area contributed by atoms with E-state index in [9.17, 15) is 4.79 Å². The molecule has 0 saturated carbocycles. The van der Waals surface area contributed by atoms with Crippen molar-refractivity contribution in [1.82, 2.24) is 0 Å². The van der Waals surface area contributed by atoms with Gasteiger partial charge in [-0.3, -0.25) is 0 Å². The number of aryl methyl sites for hydroxylation is 1. The van der Waals surface area contributed by atoms with E-state index in [0.717, 1.165) is 21.7 Å². The fraction of sp³-hybridized carbons (Fsp3) is 0.154. The summed E-state index contributed by atoms with van der Waals surface area (Å²) in [6.07, 6.45) is 4.46. The lowest BCUT2D eigenvalue weighted by Crippen LogP contribution is -1.87.